The summed E-state index contributed by atoms with van der Waals surface area (Å²) in [5, 5.41) is 33.1. The number of nitrogens with two attached hydrogens (primary N) is 1. The first-order valence-corrected chi connectivity index (χ1v) is 12.3. The Morgan fingerprint density at radius 2 is 1.73 bits per heavy atom. The summed E-state index contributed by atoms with van der Waals surface area (Å²) in [4.78, 5) is 63.2. The summed E-state index contributed by atoms with van der Waals surface area (Å²) in [5.74, 6) is -4.54. The zero-order valence-corrected chi connectivity index (χ0v) is 21.1. The number of benzene rings is 1. The topological polar surface area (TPSA) is 199 Å². The van der Waals surface area contributed by atoms with Crippen LogP contribution in [0.3, 0.4) is 0 Å². The molecule has 0 radical (unpaired) electrons. The van der Waals surface area contributed by atoms with Gasteiger partial charge in [0.25, 0.3) is 0 Å². The van der Waals surface area contributed by atoms with Gasteiger partial charge in [-0.2, -0.15) is 0 Å². The Bertz CT molecular complexity index is 983. The van der Waals surface area contributed by atoms with Crippen molar-refractivity contribution in [1.29, 1.82) is 0 Å². The molecule has 5 atom stereocenters. The predicted molar refractivity (Wildman–Crippen MR) is 132 cm³/mol. The third-order valence-corrected chi connectivity index (χ3v) is 6.61. The van der Waals surface area contributed by atoms with Crippen molar-refractivity contribution in [3.8, 4) is 5.75 Å². The molecule has 7 N–H and O–H groups in total. The van der Waals surface area contributed by atoms with Gasteiger partial charge in [0.2, 0.25) is 17.7 Å². The number of amides is 3. The maximum absolute atomic E-state index is 13.3. The molecule has 0 spiro atoms. The van der Waals surface area contributed by atoms with E-state index in [1.807, 2.05) is 6.92 Å². The molecular weight excluding hydrogens is 484 g/mol. The molecule has 37 heavy (non-hydrogen) atoms. The van der Waals surface area contributed by atoms with E-state index < -0.39 is 60.2 Å². The third kappa shape index (κ3) is 8.45. The van der Waals surface area contributed by atoms with Crippen molar-refractivity contribution in [1.82, 2.24) is 15.5 Å². The van der Waals surface area contributed by atoms with E-state index in [0.717, 1.165) is 0 Å². The minimum Gasteiger partial charge on any atom is -0.508 e. The lowest BCUT2D eigenvalue weighted by Gasteiger charge is -2.31. The highest BCUT2D eigenvalue weighted by Crippen LogP contribution is 2.21. The number of phenols is 1. The second-order valence-corrected chi connectivity index (χ2v) is 9.37. The van der Waals surface area contributed by atoms with Crippen molar-refractivity contribution in [2.24, 2.45) is 11.7 Å². The van der Waals surface area contributed by atoms with Crippen LogP contribution >= 0.6 is 0 Å². The molecule has 0 saturated carbocycles. The normalized spacial score (nSPS) is 18.4. The predicted octanol–water partition coefficient (Wildman–Crippen LogP) is 0.218. The molecule has 204 valence electrons. The van der Waals surface area contributed by atoms with E-state index in [2.05, 4.69) is 10.6 Å². The summed E-state index contributed by atoms with van der Waals surface area (Å²) in [7, 11) is 0. The van der Waals surface area contributed by atoms with Gasteiger partial charge in [0.05, 0.1) is 6.04 Å². The maximum atomic E-state index is 13.3. The van der Waals surface area contributed by atoms with Crippen LogP contribution < -0.4 is 16.4 Å². The van der Waals surface area contributed by atoms with Crippen LogP contribution in [0.15, 0.2) is 24.3 Å². The van der Waals surface area contributed by atoms with Gasteiger partial charge in [0.1, 0.15) is 23.9 Å². The number of aliphatic carboxylic acids is 2. The molecular formula is C25H36N4O8. The number of aromatic hydroxyl groups is 1. The van der Waals surface area contributed by atoms with E-state index in [4.69, 9.17) is 10.8 Å². The van der Waals surface area contributed by atoms with E-state index in [1.54, 1.807) is 19.1 Å². The van der Waals surface area contributed by atoms with Gasteiger partial charge in [-0.15, -0.1) is 0 Å². The highest BCUT2D eigenvalue weighted by molar-refractivity contribution is 5.94. The molecule has 12 nitrogen and oxygen atoms in total. The molecule has 3 amide bonds. The minimum absolute atomic E-state index is 0.0567. The summed E-state index contributed by atoms with van der Waals surface area (Å²) in [6, 6.07) is 1.74. The van der Waals surface area contributed by atoms with E-state index in [0.29, 0.717) is 24.8 Å². The largest absolute Gasteiger partial charge is 0.508 e. The van der Waals surface area contributed by atoms with Crippen LogP contribution in [-0.2, 0) is 30.4 Å². The van der Waals surface area contributed by atoms with Gasteiger partial charge in [-0.05, 0) is 49.3 Å². The third-order valence-electron chi connectivity index (χ3n) is 6.61. The van der Waals surface area contributed by atoms with E-state index in [1.165, 1.54) is 17.0 Å². The number of likely N-dealkylation sites (tertiary alicyclic amines) is 1. The summed E-state index contributed by atoms with van der Waals surface area (Å²) in [6.45, 7) is 3.82. The van der Waals surface area contributed by atoms with Crippen molar-refractivity contribution in [3.63, 3.8) is 0 Å². The van der Waals surface area contributed by atoms with Crippen LogP contribution in [0.25, 0.3) is 0 Å². The lowest BCUT2D eigenvalue weighted by Crippen LogP contribution is -2.58. The molecule has 12 heteroatoms. The zero-order valence-electron chi connectivity index (χ0n) is 21.1. The number of carbonyl (C=O) groups is 5. The Balaban J connectivity index is 2.16. The lowest BCUT2D eigenvalue weighted by atomic mass is 9.96. The highest BCUT2D eigenvalue weighted by atomic mass is 16.4. The Hall–Kier alpha value is -3.67. The van der Waals surface area contributed by atoms with Crippen molar-refractivity contribution in [2.45, 2.75) is 76.5 Å². The fraction of sp³-hybridized carbons (Fsp3) is 0.560. The highest BCUT2D eigenvalue weighted by Gasteiger charge is 2.40. The van der Waals surface area contributed by atoms with Crippen LogP contribution in [0.4, 0.5) is 0 Å². The van der Waals surface area contributed by atoms with E-state index >= 15 is 0 Å². The number of hydrogen-bond donors (Lipinski definition) is 6. The number of phenolic OH excluding ortho intramolecular Hbond substituents is 1. The summed E-state index contributed by atoms with van der Waals surface area (Å²) < 4.78 is 0. The van der Waals surface area contributed by atoms with Crippen LogP contribution in [0.5, 0.6) is 5.75 Å². The van der Waals surface area contributed by atoms with Crippen molar-refractivity contribution < 1.29 is 39.3 Å². The first kappa shape index (κ1) is 29.6. The van der Waals surface area contributed by atoms with Crippen LogP contribution in [0.1, 0.15) is 51.5 Å². The number of nitrogens with zero attached hydrogens (tertiary/aromatic N) is 1. The number of carboxylic acids is 2. The van der Waals surface area contributed by atoms with Gasteiger partial charge >= 0.3 is 11.9 Å². The number of rotatable bonds is 13. The number of nitrogens with one attached hydrogen (secondary N) is 2. The molecule has 1 saturated heterocycles. The van der Waals surface area contributed by atoms with E-state index in [9.17, 15) is 34.2 Å². The molecule has 2 rings (SSSR count). The molecule has 1 fully saturated rings. The van der Waals surface area contributed by atoms with Gasteiger partial charge in [0, 0.05) is 13.0 Å². The first-order valence-electron chi connectivity index (χ1n) is 12.3. The van der Waals surface area contributed by atoms with Crippen molar-refractivity contribution in [3.05, 3.63) is 29.8 Å². The smallest absolute Gasteiger partial charge is 0.326 e. The molecule has 0 aliphatic carbocycles. The lowest BCUT2D eigenvalue weighted by molar-refractivity contribution is -0.150. The maximum Gasteiger partial charge on any atom is 0.326 e. The second kappa shape index (κ2) is 13.6. The molecule has 1 aliphatic rings. The molecule has 0 bridgehead atoms. The molecule has 1 aliphatic heterocycles. The Morgan fingerprint density at radius 1 is 1.08 bits per heavy atom. The fourth-order valence-corrected chi connectivity index (χ4v) is 4.20. The standard InChI is InChI=1S/C25H36N4O8/c1-3-14(2)21(24(35)29-12-4-5-19(29)25(36)37)28-23(34)18(10-11-20(31)32)27-22(33)17(26)13-15-6-8-16(30)9-7-15/h6-9,14,17-19,21,30H,3-5,10-13,26H2,1-2H3,(H,27,33)(H,28,34)(H,31,32)(H,36,37). The Morgan fingerprint density at radius 3 is 2.30 bits per heavy atom. The van der Waals surface area contributed by atoms with Crippen LogP contribution in [-0.4, -0.2) is 80.6 Å². The minimum atomic E-state index is -1.28. The average Bonchev–Trinajstić information content (AvgIpc) is 3.35. The molecule has 1 heterocycles. The average molecular weight is 521 g/mol. The zero-order chi connectivity index (χ0) is 27.7. The molecule has 5 unspecified atom stereocenters. The summed E-state index contributed by atoms with van der Waals surface area (Å²) >= 11 is 0. The fourth-order valence-electron chi connectivity index (χ4n) is 4.20. The monoisotopic (exact) mass is 520 g/mol. The SMILES string of the molecule is CCC(C)C(NC(=O)C(CCC(=O)O)NC(=O)C(N)Cc1ccc(O)cc1)C(=O)N1CCCC1C(=O)O. The second-order valence-electron chi connectivity index (χ2n) is 9.37. The number of carboxylic acid groups (broad SMARTS) is 2. The van der Waals surface area contributed by atoms with Gasteiger partial charge in [-0.1, -0.05) is 32.4 Å². The quantitative estimate of drug-likeness (QED) is 0.210. The van der Waals surface area contributed by atoms with E-state index in [-0.39, 0.29) is 31.1 Å². The van der Waals surface area contributed by atoms with Crippen LogP contribution in [0.2, 0.25) is 0 Å². The van der Waals surface area contributed by atoms with Gasteiger partial charge < -0.3 is 36.6 Å². The summed E-state index contributed by atoms with van der Waals surface area (Å²) in [6.07, 6.45) is 0.811. The Kier molecular flexibility index (Phi) is 10.9. The van der Waals surface area contributed by atoms with Crippen LogP contribution in [0, 0.1) is 5.92 Å². The molecule has 1 aromatic rings. The van der Waals surface area contributed by atoms with Crippen molar-refractivity contribution >= 4 is 29.7 Å². The molecule has 1 aromatic carbocycles. The number of carbonyl (C=O) groups excluding carboxylic acids is 3. The van der Waals surface area contributed by atoms with Gasteiger partial charge in [-0.3, -0.25) is 19.2 Å². The molecule has 0 aromatic heterocycles. The Labute approximate surface area is 215 Å². The first-order chi connectivity index (χ1) is 17.4. The van der Waals surface area contributed by atoms with Gasteiger partial charge in [-0.25, -0.2) is 4.79 Å². The van der Waals surface area contributed by atoms with Gasteiger partial charge in [0.15, 0.2) is 0 Å². The summed E-state index contributed by atoms with van der Waals surface area (Å²) in [5.41, 5.74) is 6.67. The number of hydrogen-bond acceptors (Lipinski definition) is 7. The van der Waals surface area contributed by atoms with Crippen molar-refractivity contribution in [2.75, 3.05) is 6.54 Å².